The molecule has 148 valence electrons. The molecule has 1 aliphatic carbocycles. The lowest BCUT2D eigenvalue weighted by Crippen LogP contribution is -2.44. The fourth-order valence-corrected chi connectivity index (χ4v) is 3.45. The Morgan fingerprint density at radius 2 is 1.85 bits per heavy atom. The van der Waals surface area contributed by atoms with Gasteiger partial charge in [-0.2, -0.15) is 0 Å². The second kappa shape index (κ2) is 7.29. The number of alkyl carbamates (subject to hydrolysis) is 1. The van der Waals surface area contributed by atoms with Gasteiger partial charge in [0.05, 0.1) is 0 Å². The highest BCUT2D eigenvalue weighted by atomic mass is 16.7. The third kappa shape index (κ3) is 4.84. The third-order valence-corrected chi connectivity index (χ3v) is 4.64. The zero-order valence-electron chi connectivity index (χ0n) is 16.0. The Morgan fingerprint density at radius 1 is 1.19 bits per heavy atom. The molecule has 1 atom stereocenters. The summed E-state index contributed by atoms with van der Waals surface area (Å²) in [6.45, 7) is 5.17. The maximum Gasteiger partial charge on any atom is 0.408 e. The Morgan fingerprint density at radius 3 is 2.48 bits per heavy atom. The lowest BCUT2D eigenvalue weighted by Gasteiger charge is -2.31. The summed E-state index contributed by atoms with van der Waals surface area (Å²) >= 11 is 0. The Bertz CT molecular complexity index is 718. The average Bonchev–Trinajstić information content (AvgIpc) is 2.89. The van der Waals surface area contributed by atoms with Gasteiger partial charge in [0.1, 0.15) is 11.6 Å². The van der Waals surface area contributed by atoms with Crippen LogP contribution in [0.3, 0.4) is 0 Å². The summed E-state index contributed by atoms with van der Waals surface area (Å²) in [5.74, 6) is -0.370. The first-order valence-corrected chi connectivity index (χ1v) is 9.39. The number of hydrogen-bond acceptors (Lipinski definition) is 5. The van der Waals surface area contributed by atoms with Gasteiger partial charge in [0.15, 0.2) is 11.5 Å². The molecule has 7 heteroatoms. The van der Waals surface area contributed by atoms with E-state index in [0.29, 0.717) is 11.5 Å². The number of nitrogens with one attached hydrogen (secondary N) is 1. The van der Waals surface area contributed by atoms with Crippen LogP contribution < -0.4 is 14.8 Å². The molecule has 0 saturated heterocycles. The topological polar surface area (TPSA) is 94.1 Å². The number of fused-ring (bicyclic) bond motifs is 1. The number of hydrogen-bond donors (Lipinski definition) is 2. The minimum atomic E-state index is -1.12. The van der Waals surface area contributed by atoms with E-state index in [0.717, 1.165) is 31.2 Å². The molecule has 0 unspecified atom stereocenters. The van der Waals surface area contributed by atoms with E-state index in [1.807, 2.05) is 0 Å². The summed E-state index contributed by atoms with van der Waals surface area (Å²) in [6.07, 6.45) is 4.41. The molecule has 1 spiro atoms. The van der Waals surface area contributed by atoms with E-state index in [1.165, 1.54) is 6.42 Å². The monoisotopic (exact) mass is 377 g/mol. The van der Waals surface area contributed by atoms with Crippen molar-refractivity contribution >= 4 is 12.1 Å². The van der Waals surface area contributed by atoms with E-state index in [4.69, 9.17) is 14.2 Å². The fraction of sp³-hybridized carbons (Fsp3) is 0.600. The number of aliphatic carboxylic acids is 1. The summed E-state index contributed by atoms with van der Waals surface area (Å²) in [6, 6.07) is 4.31. The molecule has 1 aromatic carbocycles. The van der Waals surface area contributed by atoms with Crippen LogP contribution >= 0.6 is 0 Å². The molecule has 2 aliphatic rings. The van der Waals surface area contributed by atoms with E-state index in [9.17, 15) is 14.7 Å². The van der Waals surface area contributed by atoms with Gasteiger partial charge in [0.25, 0.3) is 5.79 Å². The van der Waals surface area contributed by atoms with Gasteiger partial charge in [0, 0.05) is 19.3 Å². The molecular formula is C20H27NO6. The summed E-state index contributed by atoms with van der Waals surface area (Å²) in [4.78, 5) is 23.5. The second-order valence-corrected chi connectivity index (χ2v) is 8.20. The van der Waals surface area contributed by atoms with Crippen LogP contribution in [-0.4, -0.2) is 34.6 Å². The minimum Gasteiger partial charge on any atom is -0.480 e. The van der Waals surface area contributed by atoms with Crippen molar-refractivity contribution in [2.45, 2.75) is 76.7 Å². The molecule has 0 bridgehead atoms. The number of carbonyl (C=O) groups excluding carboxylic acids is 1. The van der Waals surface area contributed by atoms with E-state index in [2.05, 4.69) is 5.32 Å². The molecule has 0 aromatic heterocycles. The van der Waals surface area contributed by atoms with Gasteiger partial charge in [-0.15, -0.1) is 0 Å². The lowest BCUT2D eigenvalue weighted by molar-refractivity contribution is -0.139. The van der Waals surface area contributed by atoms with E-state index in [-0.39, 0.29) is 6.42 Å². The number of benzene rings is 1. The zero-order chi connectivity index (χ0) is 19.7. The molecule has 1 heterocycles. The molecular weight excluding hydrogens is 350 g/mol. The first-order chi connectivity index (χ1) is 12.7. The van der Waals surface area contributed by atoms with E-state index >= 15 is 0 Å². The van der Waals surface area contributed by atoms with Crippen LogP contribution in [0.1, 0.15) is 58.4 Å². The van der Waals surface area contributed by atoms with Crippen molar-refractivity contribution in [2.24, 2.45) is 0 Å². The van der Waals surface area contributed by atoms with E-state index in [1.54, 1.807) is 39.0 Å². The molecule has 3 rings (SSSR count). The predicted molar refractivity (Wildman–Crippen MR) is 98.0 cm³/mol. The van der Waals surface area contributed by atoms with Gasteiger partial charge in [-0.05, 0) is 51.3 Å². The summed E-state index contributed by atoms with van der Waals surface area (Å²) in [5.41, 5.74) is 0.0499. The number of amides is 1. The van der Waals surface area contributed by atoms with Crippen LogP contribution in [0.25, 0.3) is 0 Å². The molecule has 2 N–H and O–H groups in total. The molecule has 7 nitrogen and oxygen atoms in total. The first-order valence-electron chi connectivity index (χ1n) is 9.39. The van der Waals surface area contributed by atoms with Crippen molar-refractivity contribution in [1.82, 2.24) is 5.32 Å². The maximum absolute atomic E-state index is 11.9. The van der Waals surface area contributed by atoms with Gasteiger partial charge in [-0.1, -0.05) is 12.5 Å². The van der Waals surface area contributed by atoms with Crippen molar-refractivity contribution in [3.8, 4) is 11.5 Å². The highest BCUT2D eigenvalue weighted by Gasteiger charge is 2.42. The molecule has 1 saturated carbocycles. The van der Waals surface area contributed by atoms with Gasteiger partial charge in [-0.25, -0.2) is 9.59 Å². The van der Waals surface area contributed by atoms with Crippen LogP contribution in [0.2, 0.25) is 0 Å². The van der Waals surface area contributed by atoms with Gasteiger partial charge < -0.3 is 24.6 Å². The lowest BCUT2D eigenvalue weighted by atomic mass is 9.94. The normalized spacial score (nSPS) is 18.8. The van der Waals surface area contributed by atoms with Crippen molar-refractivity contribution in [3.63, 3.8) is 0 Å². The highest BCUT2D eigenvalue weighted by Crippen LogP contribution is 2.45. The number of carbonyl (C=O) groups is 2. The summed E-state index contributed by atoms with van der Waals surface area (Å²) in [5, 5.41) is 11.9. The Balaban J connectivity index is 1.67. The predicted octanol–water partition coefficient (Wildman–Crippen LogP) is 3.64. The van der Waals surface area contributed by atoms with Crippen LogP contribution in [0.15, 0.2) is 18.2 Å². The standard InChI is InChI=1S/C20H27NO6/c1-19(2,3)27-18(24)21-14(17(22)23)11-13-7-8-15-16(12-13)26-20(25-15)9-5-4-6-10-20/h7-8,12,14H,4-6,9-11H2,1-3H3,(H,21,24)(H,22,23)/t14-/m0/s1. The van der Waals surface area contributed by atoms with Crippen LogP contribution in [-0.2, 0) is 16.0 Å². The molecule has 1 aliphatic heterocycles. The summed E-state index contributed by atoms with van der Waals surface area (Å²) in [7, 11) is 0. The Kier molecular flexibility index (Phi) is 5.22. The zero-order valence-corrected chi connectivity index (χ0v) is 16.0. The Hall–Kier alpha value is -2.44. The molecule has 1 amide bonds. The second-order valence-electron chi connectivity index (χ2n) is 8.20. The SMILES string of the molecule is CC(C)(C)OC(=O)N[C@@H](Cc1ccc2c(c1)OC1(CCCCC1)O2)C(=O)O. The van der Waals surface area contributed by atoms with Crippen molar-refractivity contribution in [3.05, 3.63) is 23.8 Å². The van der Waals surface area contributed by atoms with Gasteiger partial charge in [0.2, 0.25) is 0 Å². The number of rotatable bonds is 4. The minimum absolute atomic E-state index is 0.123. The largest absolute Gasteiger partial charge is 0.480 e. The third-order valence-electron chi connectivity index (χ3n) is 4.64. The number of carboxylic acid groups (broad SMARTS) is 1. The van der Waals surface area contributed by atoms with Gasteiger partial charge >= 0.3 is 12.1 Å². The first kappa shape index (κ1) is 19.3. The number of carboxylic acids is 1. The molecule has 1 fully saturated rings. The van der Waals surface area contributed by atoms with Crippen LogP contribution in [0.5, 0.6) is 11.5 Å². The molecule has 1 aromatic rings. The highest BCUT2D eigenvalue weighted by molar-refractivity contribution is 5.80. The molecule has 27 heavy (non-hydrogen) atoms. The van der Waals surface area contributed by atoms with Crippen molar-refractivity contribution in [2.75, 3.05) is 0 Å². The summed E-state index contributed by atoms with van der Waals surface area (Å²) < 4.78 is 17.3. The number of ether oxygens (including phenoxy) is 3. The van der Waals surface area contributed by atoms with Crippen LogP contribution in [0, 0.1) is 0 Å². The van der Waals surface area contributed by atoms with Crippen molar-refractivity contribution < 1.29 is 28.9 Å². The molecule has 0 radical (unpaired) electrons. The van der Waals surface area contributed by atoms with Crippen LogP contribution in [0.4, 0.5) is 4.79 Å². The maximum atomic E-state index is 11.9. The fourth-order valence-electron chi connectivity index (χ4n) is 3.45. The van der Waals surface area contributed by atoms with E-state index < -0.39 is 29.5 Å². The van der Waals surface area contributed by atoms with Gasteiger partial charge in [-0.3, -0.25) is 0 Å². The van der Waals surface area contributed by atoms with Crippen molar-refractivity contribution in [1.29, 1.82) is 0 Å². The average molecular weight is 377 g/mol. The Labute approximate surface area is 159 Å². The smallest absolute Gasteiger partial charge is 0.408 e. The quantitative estimate of drug-likeness (QED) is 0.832.